The van der Waals surface area contributed by atoms with Gasteiger partial charge in [-0.1, -0.05) is 24.3 Å². The Hall–Kier alpha value is -2.75. The second-order valence-electron chi connectivity index (χ2n) is 4.00. The number of nitrogens with zero attached hydrogens (tertiary/aromatic N) is 4. The molecular formula is C15H12N4. The molecule has 0 radical (unpaired) electrons. The van der Waals surface area contributed by atoms with Crippen LogP contribution in [0.15, 0.2) is 61.2 Å². The molecule has 0 aliphatic rings. The van der Waals surface area contributed by atoms with Crippen LogP contribution in [0.25, 0.3) is 17.8 Å². The first kappa shape index (κ1) is 11.3. The lowest BCUT2D eigenvalue weighted by Crippen LogP contribution is -1.86. The molecule has 3 aromatic heterocycles. The summed E-state index contributed by atoms with van der Waals surface area (Å²) in [4.78, 5) is 8.32. The molecule has 3 heterocycles. The molecule has 0 aromatic carbocycles. The van der Waals surface area contributed by atoms with Gasteiger partial charge < -0.3 is 0 Å². The van der Waals surface area contributed by atoms with E-state index in [-0.39, 0.29) is 0 Å². The van der Waals surface area contributed by atoms with Gasteiger partial charge in [-0.25, -0.2) is 9.50 Å². The molecule has 92 valence electrons. The highest BCUT2D eigenvalue weighted by molar-refractivity contribution is 5.56. The number of fused-ring (bicyclic) bond motifs is 1. The molecule has 0 spiro atoms. The Balaban J connectivity index is 1.73. The number of hydrogen-bond donors (Lipinski definition) is 0. The van der Waals surface area contributed by atoms with Crippen LogP contribution in [-0.2, 0) is 0 Å². The zero-order valence-corrected chi connectivity index (χ0v) is 10.2. The lowest BCUT2D eigenvalue weighted by molar-refractivity contribution is 0.959. The van der Waals surface area contributed by atoms with E-state index in [4.69, 9.17) is 0 Å². The van der Waals surface area contributed by atoms with Crippen molar-refractivity contribution in [1.29, 1.82) is 0 Å². The summed E-state index contributed by atoms with van der Waals surface area (Å²) in [5.41, 5.74) is 2.86. The molecule has 19 heavy (non-hydrogen) atoms. The van der Waals surface area contributed by atoms with Gasteiger partial charge in [0.1, 0.15) is 6.33 Å². The van der Waals surface area contributed by atoms with Crippen LogP contribution in [0.1, 0.15) is 11.3 Å². The van der Waals surface area contributed by atoms with E-state index in [1.165, 1.54) is 0 Å². The monoisotopic (exact) mass is 248 g/mol. The maximum Gasteiger partial charge on any atom is 0.155 e. The van der Waals surface area contributed by atoms with Crippen molar-refractivity contribution >= 4 is 17.8 Å². The Labute approximate surface area is 110 Å². The van der Waals surface area contributed by atoms with Crippen molar-refractivity contribution in [2.75, 3.05) is 0 Å². The Kier molecular flexibility index (Phi) is 3.14. The fourth-order valence-corrected chi connectivity index (χ4v) is 1.73. The minimum atomic E-state index is 0.848. The van der Waals surface area contributed by atoms with Crippen molar-refractivity contribution in [3.05, 3.63) is 72.5 Å². The standard InChI is InChI=1S/C15H12N4/c1(2-6-14-7-3-4-10-16-14)5-13-8-9-15-17-12-18-19(15)11-13/h1-12H/b5-1+,6-2+. The smallest absolute Gasteiger partial charge is 0.155 e. The largest absolute Gasteiger partial charge is 0.257 e. The maximum atomic E-state index is 4.21. The van der Waals surface area contributed by atoms with E-state index < -0.39 is 0 Å². The highest BCUT2D eigenvalue weighted by Gasteiger charge is 1.93. The van der Waals surface area contributed by atoms with Crippen molar-refractivity contribution in [2.24, 2.45) is 0 Å². The van der Waals surface area contributed by atoms with Gasteiger partial charge >= 0.3 is 0 Å². The van der Waals surface area contributed by atoms with E-state index in [1.807, 2.05) is 60.8 Å². The summed E-state index contributed by atoms with van der Waals surface area (Å²) < 4.78 is 1.75. The first-order valence-corrected chi connectivity index (χ1v) is 5.97. The zero-order chi connectivity index (χ0) is 12.9. The van der Waals surface area contributed by atoms with Crippen LogP contribution >= 0.6 is 0 Å². The highest BCUT2D eigenvalue weighted by atomic mass is 15.3. The van der Waals surface area contributed by atoms with Crippen molar-refractivity contribution in [1.82, 2.24) is 19.6 Å². The Morgan fingerprint density at radius 1 is 0.947 bits per heavy atom. The van der Waals surface area contributed by atoms with Gasteiger partial charge in [-0.3, -0.25) is 4.98 Å². The summed E-state index contributed by atoms with van der Waals surface area (Å²) in [6, 6.07) is 9.78. The lowest BCUT2D eigenvalue weighted by atomic mass is 10.2. The summed E-state index contributed by atoms with van der Waals surface area (Å²) in [6.45, 7) is 0. The van der Waals surface area contributed by atoms with Gasteiger partial charge in [0.05, 0.1) is 5.69 Å². The van der Waals surface area contributed by atoms with E-state index in [0.717, 1.165) is 16.9 Å². The Morgan fingerprint density at radius 2 is 1.89 bits per heavy atom. The molecule has 0 saturated carbocycles. The minimum Gasteiger partial charge on any atom is -0.257 e. The Bertz CT molecular complexity index is 726. The molecule has 0 amide bonds. The van der Waals surface area contributed by atoms with Crippen LogP contribution in [0.5, 0.6) is 0 Å². The second-order valence-corrected chi connectivity index (χ2v) is 4.00. The van der Waals surface area contributed by atoms with Gasteiger partial charge in [0, 0.05) is 12.4 Å². The molecule has 0 aliphatic carbocycles. The third-order valence-corrected chi connectivity index (χ3v) is 2.65. The van der Waals surface area contributed by atoms with E-state index in [9.17, 15) is 0 Å². The topological polar surface area (TPSA) is 43.1 Å². The molecule has 3 aromatic rings. The zero-order valence-electron chi connectivity index (χ0n) is 10.2. The summed E-state index contributed by atoms with van der Waals surface area (Å²) in [7, 11) is 0. The fourth-order valence-electron chi connectivity index (χ4n) is 1.73. The second kappa shape index (κ2) is 5.27. The molecule has 0 N–H and O–H groups in total. The van der Waals surface area contributed by atoms with Gasteiger partial charge in [-0.2, -0.15) is 5.10 Å². The molecule has 0 atom stereocenters. The first-order chi connectivity index (χ1) is 9.42. The third-order valence-electron chi connectivity index (χ3n) is 2.65. The summed E-state index contributed by atoms with van der Waals surface area (Å²) in [5, 5.41) is 4.10. The number of aromatic nitrogens is 4. The molecule has 3 rings (SSSR count). The van der Waals surface area contributed by atoms with Gasteiger partial charge in [-0.05, 0) is 35.9 Å². The highest BCUT2D eigenvalue weighted by Crippen LogP contribution is 2.05. The van der Waals surface area contributed by atoms with E-state index >= 15 is 0 Å². The van der Waals surface area contributed by atoms with Gasteiger partial charge in [0.25, 0.3) is 0 Å². The van der Waals surface area contributed by atoms with Gasteiger partial charge in [0.15, 0.2) is 5.65 Å². The normalized spacial score (nSPS) is 11.8. The number of allylic oxidation sites excluding steroid dienone is 2. The SMILES string of the molecule is C(/C=C/c1ccccn1)=C\c1ccc2ncnn2c1. The van der Waals surface area contributed by atoms with Crippen LogP contribution in [0.3, 0.4) is 0 Å². The molecule has 0 saturated heterocycles. The van der Waals surface area contributed by atoms with Crippen LogP contribution in [0.2, 0.25) is 0 Å². The van der Waals surface area contributed by atoms with Gasteiger partial charge in [0.2, 0.25) is 0 Å². The van der Waals surface area contributed by atoms with Crippen molar-refractivity contribution in [3.63, 3.8) is 0 Å². The third kappa shape index (κ3) is 2.74. The molecule has 0 bridgehead atoms. The van der Waals surface area contributed by atoms with Crippen molar-refractivity contribution in [2.45, 2.75) is 0 Å². The maximum absolute atomic E-state index is 4.21. The van der Waals surface area contributed by atoms with Crippen molar-refractivity contribution < 1.29 is 0 Å². The quantitative estimate of drug-likeness (QED) is 0.669. The van der Waals surface area contributed by atoms with E-state index in [2.05, 4.69) is 15.1 Å². The van der Waals surface area contributed by atoms with Crippen LogP contribution < -0.4 is 0 Å². The van der Waals surface area contributed by atoms with Gasteiger partial charge in [-0.15, -0.1) is 0 Å². The summed E-state index contributed by atoms with van der Waals surface area (Å²) in [6.07, 6.45) is 13.2. The summed E-state index contributed by atoms with van der Waals surface area (Å²) >= 11 is 0. The average molecular weight is 248 g/mol. The van der Waals surface area contributed by atoms with Crippen LogP contribution in [0.4, 0.5) is 0 Å². The number of hydrogen-bond acceptors (Lipinski definition) is 3. The minimum absolute atomic E-state index is 0.848. The fraction of sp³-hybridized carbons (Fsp3) is 0. The van der Waals surface area contributed by atoms with Crippen LogP contribution in [0, 0.1) is 0 Å². The summed E-state index contributed by atoms with van der Waals surface area (Å²) in [5.74, 6) is 0. The van der Waals surface area contributed by atoms with Crippen LogP contribution in [-0.4, -0.2) is 19.6 Å². The lowest BCUT2D eigenvalue weighted by Gasteiger charge is -1.94. The molecule has 4 nitrogen and oxygen atoms in total. The molecule has 0 fully saturated rings. The predicted molar refractivity (Wildman–Crippen MR) is 75.3 cm³/mol. The predicted octanol–water partition coefficient (Wildman–Crippen LogP) is 2.85. The molecule has 0 unspecified atom stereocenters. The Morgan fingerprint density at radius 3 is 2.79 bits per heavy atom. The molecule has 0 aliphatic heterocycles. The number of pyridine rings is 2. The van der Waals surface area contributed by atoms with E-state index in [0.29, 0.717) is 0 Å². The number of rotatable bonds is 3. The molecule has 4 heteroatoms. The van der Waals surface area contributed by atoms with E-state index in [1.54, 1.807) is 17.0 Å². The first-order valence-electron chi connectivity index (χ1n) is 5.97. The average Bonchev–Trinajstić information content (AvgIpc) is 2.92. The molecular weight excluding hydrogens is 236 g/mol. The van der Waals surface area contributed by atoms with Crippen molar-refractivity contribution in [3.8, 4) is 0 Å².